The third-order valence-electron chi connectivity index (χ3n) is 5.79. The molecule has 0 radical (unpaired) electrons. The Morgan fingerprint density at radius 1 is 1.34 bits per heavy atom. The number of hydrazone groups is 1. The molecule has 0 bridgehead atoms. The Morgan fingerprint density at radius 2 is 2.14 bits per heavy atom. The second-order valence-electron chi connectivity index (χ2n) is 7.94. The Kier molecular flexibility index (Phi) is 5.22. The first-order valence-corrected chi connectivity index (χ1v) is 9.77. The first kappa shape index (κ1) is 20.1. The molecule has 10 heteroatoms. The number of halogens is 3. The van der Waals surface area contributed by atoms with Gasteiger partial charge in [-0.2, -0.15) is 18.3 Å². The first-order valence-electron chi connectivity index (χ1n) is 9.77. The topological polar surface area (TPSA) is 69.9 Å². The molecular formula is C19H24F3N5O2. The molecule has 1 fully saturated rings. The molecule has 0 saturated carbocycles. The maximum atomic E-state index is 13.0. The Bertz CT molecular complexity index is 804. The number of nitrogens with zero attached hydrogens (tertiary/aromatic N) is 5. The Hall–Kier alpha value is -2.23. The zero-order valence-electron chi connectivity index (χ0n) is 16.4. The molecule has 0 aliphatic carbocycles. The van der Waals surface area contributed by atoms with Gasteiger partial charge >= 0.3 is 6.18 Å². The lowest BCUT2D eigenvalue weighted by molar-refractivity contribution is -0.144. The number of hydrogen-bond donors (Lipinski definition) is 0. The normalized spacial score (nSPS) is 32.3. The van der Waals surface area contributed by atoms with Gasteiger partial charge in [-0.1, -0.05) is 13.0 Å². The number of hydrogen-bond acceptors (Lipinski definition) is 6. The zero-order valence-corrected chi connectivity index (χ0v) is 16.4. The largest absolute Gasteiger partial charge is 0.407 e. The number of alkyl halides is 3. The van der Waals surface area contributed by atoms with Crippen LogP contribution in [-0.4, -0.2) is 79.1 Å². The third kappa shape index (κ3) is 4.08. The number of allylic oxidation sites excluding steroid dienone is 2. The monoisotopic (exact) mass is 411 g/mol. The minimum absolute atomic E-state index is 0.0415. The first-order chi connectivity index (χ1) is 13.7. The number of methoxy groups -OCH3 is 1. The van der Waals surface area contributed by atoms with Crippen LogP contribution in [0, 0.1) is 17.8 Å². The van der Waals surface area contributed by atoms with Crippen molar-refractivity contribution < 1.29 is 22.7 Å². The Labute approximate surface area is 167 Å². The van der Waals surface area contributed by atoms with Crippen LogP contribution in [0.2, 0.25) is 0 Å². The number of likely N-dealkylation sites (tertiary alicyclic amines) is 1. The smallest absolute Gasteiger partial charge is 0.379 e. The lowest BCUT2D eigenvalue weighted by Crippen LogP contribution is -2.34. The lowest BCUT2D eigenvalue weighted by Gasteiger charge is -2.27. The third-order valence-corrected chi connectivity index (χ3v) is 5.79. The van der Waals surface area contributed by atoms with Gasteiger partial charge in [0.25, 0.3) is 0 Å². The van der Waals surface area contributed by atoms with Gasteiger partial charge in [0, 0.05) is 37.9 Å². The molecule has 0 aromatic heterocycles. The van der Waals surface area contributed by atoms with Crippen molar-refractivity contribution in [2.45, 2.75) is 32.0 Å². The summed E-state index contributed by atoms with van der Waals surface area (Å²) in [6.45, 7) is 1.94. The number of amidine groups is 1. The van der Waals surface area contributed by atoms with Gasteiger partial charge in [-0.05, 0) is 12.3 Å². The van der Waals surface area contributed by atoms with Crippen LogP contribution in [0.1, 0.15) is 19.8 Å². The summed E-state index contributed by atoms with van der Waals surface area (Å²) in [7, 11) is 1.67. The molecule has 29 heavy (non-hydrogen) atoms. The number of fused-ring (bicyclic) bond motifs is 1. The quantitative estimate of drug-likeness (QED) is 0.714. The van der Waals surface area contributed by atoms with Gasteiger partial charge in [-0.3, -0.25) is 24.7 Å². The van der Waals surface area contributed by atoms with Crippen LogP contribution in [0.5, 0.6) is 0 Å². The minimum Gasteiger partial charge on any atom is -0.379 e. The summed E-state index contributed by atoms with van der Waals surface area (Å²) >= 11 is 0. The van der Waals surface area contributed by atoms with Gasteiger partial charge in [0.1, 0.15) is 12.4 Å². The van der Waals surface area contributed by atoms with Gasteiger partial charge < -0.3 is 4.74 Å². The maximum Gasteiger partial charge on any atom is 0.407 e. The molecular weight excluding hydrogens is 387 g/mol. The van der Waals surface area contributed by atoms with Gasteiger partial charge in [0.15, 0.2) is 0 Å². The highest BCUT2D eigenvalue weighted by Gasteiger charge is 2.45. The lowest BCUT2D eigenvalue weighted by atomic mass is 9.84. The number of ether oxygens (including phenoxy) is 1. The van der Waals surface area contributed by atoms with E-state index >= 15 is 0 Å². The van der Waals surface area contributed by atoms with E-state index in [1.165, 1.54) is 4.90 Å². The predicted octanol–water partition coefficient (Wildman–Crippen LogP) is 2.11. The number of carbonyl (C=O) groups is 1. The van der Waals surface area contributed by atoms with Crippen LogP contribution >= 0.6 is 0 Å². The highest BCUT2D eigenvalue weighted by atomic mass is 19.4. The van der Waals surface area contributed by atoms with Crippen molar-refractivity contribution in [2.24, 2.45) is 32.8 Å². The number of amides is 1. The van der Waals surface area contributed by atoms with E-state index in [4.69, 9.17) is 9.73 Å². The van der Waals surface area contributed by atoms with Crippen molar-refractivity contribution in [1.82, 2.24) is 9.91 Å². The van der Waals surface area contributed by atoms with E-state index < -0.39 is 12.7 Å². The molecule has 0 aromatic carbocycles. The number of carbonyl (C=O) groups excluding carboxylic acids is 1. The number of aliphatic imine (C=N–C) groups is 2. The maximum absolute atomic E-state index is 13.0. The van der Waals surface area contributed by atoms with Gasteiger partial charge in [-0.15, -0.1) is 0 Å². The number of rotatable bonds is 3. The molecule has 0 spiro atoms. The van der Waals surface area contributed by atoms with Crippen LogP contribution in [-0.2, 0) is 9.53 Å². The Balaban J connectivity index is 1.51. The molecule has 4 rings (SSSR count). The van der Waals surface area contributed by atoms with Gasteiger partial charge in [0.2, 0.25) is 5.91 Å². The summed E-state index contributed by atoms with van der Waals surface area (Å²) in [6.07, 6.45) is 0.743. The van der Waals surface area contributed by atoms with Crippen LogP contribution in [0.25, 0.3) is 0 Å². The van der Waals surface area contributed by atoms with Crippen LogP contribution in [0.15, 0.2) is 26.9 Å². The predicted molar refractivity (Wildman–Crippen MR) is 102 cm³/mol. The van der Waals surface area contributed by atoms with E-state index in [9.17, 15) is 18.0 Å². The van der Waals surface area contributed by atoms with E-state index in [2.05, 4.69) is 10.1 Å². The van der Waals surface area contributed by atoms with Crippen LogP contribution in [0.4, 0.5) is 13.2 Å². The molecule has 0 aromatic rings. The van der Waals surface area contributed by atoms with E-state index in [0.717, 1.165) is 22.8 Å². The second-order valence-corrected chi connectivity index (χ2v) is 7.94. The average molecular weight is 411 g/mol. The fourth-order valence-corrected chi connectivity index (χ4v) is 4.37. The molecule has 0 N–H and O–H groups in total. The standard InChI is InChI=1S/C19H24F3N5O2/c1-11-5-14(12-6-13(29-2)8-23-7-12)24-15-9-27(18(28)17(11)15)16-3-4-26(25-16)10-19(20,21)22/h5,7,11-13,17H,3-4,6,8-10H2,1-2H3. The molecule has 4 aliphatic rings. The van der Waals surface area contributed by atoms with Crippen LogP contribution < -0.4 is 0 Å². The summed E-state index contributed by atoms with van der Waals surface area (Å²) in [5.41, 5.74) is 1.64. The highest BCUT2D eigenvalue weighted by molar-refractivity contribution is 6.18. The van der Waals surface area contributed by atoms with Crippen molar-refractivity contribution in [1.29, 1.82) is 0 Å². The molecule has 1 saturated heterocycles. The Morgan fingerprint density at radius 3 is 2.86 bits per heavy atom. The fraction of sp³-hybridized carbons (Fsp3) is 0.684. The average Bonchev–Trinajstić information content (AvgIpc) is 3.24. The highest BCUT2D eigenvalue weighted by Crippen LogP contribution is 2.35. The van der Waals surface area contributed by atoms with Crippen molar-refractivity contribution in [3.05, 3.63) is 11.8 Å². The van der Waals surface area contributed by atoms with Gasteiger partial charge in [0.05, 0.1) is 30.8 Å². The summed E-state index contributed by atoms with van der Waals surface area (Å²) in [4.78, 5) is 23.6. The van der Waals surface area contributed by atoms with Crippen molar-refractivity contribution in [3.8, 4) is 0 Å². The van der Waals surface area contributed by atoms with E-state index in [-0.39, 0.29) is 42.9 Å². The molecule has 4 heterocycles. The summed E-state index contributed by atoms with van der Waals surface area (Å²) in [5, 5.41) is 5.02. The minimum atomic E-state index is -4.32. The van der Waals surface area contributed by atoms with E-state index in [0.29, 0.717) is 18.8 Å². The molecule has 7 nitrogen and oxygen atoms in total. The summed E-state index contributed by atoms with van der Waals surface area (Å²) in [5.74, 6) is -0.119. The molecule has 1 amide bonds. The summed E-state index contributed by atoms with van der Waals surface area (Å²) in [6, 6.07) is 0. The second kappa shape index (κ2) is 7.55. The molecule has 4 aliphatic heterocycles. The zero-order chi connectivity index (χ0) is 20.8. The molecule has 4 atom stereocenters. The molecule has 4 unspecified atom stereocenters. The van der Waals surface area contributed by atoms with E-state index in [1.807, 2.05) is 19.2 Å². The SMILES string of the molecule is COC1CN=CC(C2=CC(C)C3C(=O)N(C4=NN(CC(F)(F)F)CC4)CC3=N2)C1. The summed E-state index contributed by atoms with van der Waals surface area (Å²) < 4.78 is 43.3. The van der Waals surface area contributed by atoms with Crippen molar-refractivity contribution in [2.75, 3.05) is 33.3 Å². The fourth-order valence-electron chi connectivity index (χ4n) is 4.37. The van der Waals surface area contributed by atoms with Crippen LogP contribution in [0.3, 0.4) is 0 Å². The van der Waals surface area contributed by atoms with E-state index in [1.54, 1.807) is 7.11 Å². The van der Waals surface area contributed by atoms with Crippen molar-refractivity contribution in [3.63, 3.8) is 0 Å². The van der Waals surface area contributed by atoms with Crippen molar-refractivity contribution >= 4 is 23.7 Å². The molecule has 158 valence electrons. The van der Waals surface area contributed by atoms with Gasteiger partial charge in [-0.25, -0.2) is 0 Å².